The van der Waals surface area contributed by atoms with Crippen molar-refractivity contribution in [2.24, 2.45) is 5.73 Å². The van der Waals surface area contributed by atoms with Gasteiger partial charge in [0.1, 0.15) is 11.8 Å². The molecule has 1 aromatic carbocycles. The number of carbonyl (C=O) groups excluding carboxylic acids is 2. The number of carbonyl (C=O) groups is 2. The van der Waals surface area contributed by atoms with Gasteiger partial charge in [-0.2, -0.15) is 0 Å². The second kappa shape index (κ2) is 7.70. The number of rotatable bonds is 5. The highest BCUT2D eigenvalue weighted by atomic mass is 16.4. The smallest absolute Gasteiger partial charge is 0.251 e. The zero-order valence-electron chi connectivity index (χ0n) is 15.0. The molecule has 3 rings (SSSR count). The Bertz CT molecular complexity index is 772. The molecule has 1 fully saturated rings. The molecule has 0 aliphatic carbocycles. The van der Waals surface area contributed by atoms with Crippen LogP contribution < -0.4 is 11.1 Å². The molecule has 2 aromatic rings. The molecule has 0 bridgehead atoms. The lowest BCUT2D eigenvalue weighted by atomic mass is 10.1. The highest BCUT2D eigenvalue weighted by molar-refractivity contribution is 5.94. The SMILES string of the molecule is CC(C)c1cnc([C@@H]2C[C@@H](NC(=O)c3ccccc3)CN2C(=O)CN)o1. The van der Waals surface area contributed by atoms with Crippen molar-refractivity contribution in [1.82, 2.24) is 15.2 Å². The summed E-state index contributed by atoms with van der Waals surface area (Å²) >= 11 is 0. The number of hydrogen-bond donors (Lipinski definition) is 2. The molecule has 1 aliphatic rings. The number of hydrogen-bond acceptors (Lipinski definition) is 5. The average Bonchev–Trinajstić information content (AvgIpc) is 3.28. The summed E-state index contributed by atoms with van der Waals surface area (Å²) in [5, 5.41) is 2.99. The van der Waals surface area contributed by atoms with Gasteiger partial charge < -0.3 is 20.4 Å². The fourth-order valence-corrected chi connectivity index (χ4v) is 3.15. The molecule has 1 aliphatic heterocycles. The number of aromatic nitrogens is 1. The Balaban J connectivity index is 1.76. The van der Waals surface area contributed by atoms with Crippen LogP contribution in [0.4, 0.5) is 0 Å². The number of likely N-dealkylation sites (tertiary alicyclic amines) is 1. The van der Waals surface area contributed by atoms with Gasteiger partial charge in [0.05, 0.1) is 12.7 Å². The number of benzene rings is 1. The molecule has 3 N–H and O–H groups in total. The first-order chi connectivity index (χ1) is 12.5. The molecule has 0 unspecified atom stereocenters. The van der Waals surface area contributed by atoms with E-state index in [9.17, 15) is 9.59 Å². The first kappa shape index (κ1) is 18.1. The van der Waals surface area contributed by atoms with E-state index >= 15 is 0 Å². The minimum absolute atomic E-state index is 0.0897. The van der Waals surface area contributed by atoms with Gasteiger partial charge in [-0.3, -0.25) is 9.59 Å². The van der Waals surface area contributed by atoms with Gasteiger partial charge in [0, 0.05) is 24.1 Å². The molecule has 138 valence electrons. The molecule has 1 aromatic heterocycles. The summed E-state index contributed by atoms with van der Waals surface area (Å²) in [7, 11) is 0. The van der Waals surface area contributed by atoms with Crippen LogP contribution in [0, 0.1) is 0 Å². The van der Waals surface area contributed by atoms with Crippen LogP contribution in [0.25, 0.3) is 0 Å². The summed E-state index contributed by atoms with van der Waals surface area (Å²) in [5.74, 6) is 1.14. The Hall–Kier alpha value is -2.67. The van der Waals surface area contributed by atoms with Gasteiger partial charge in [0.15, 0.2) is 0 Å². The molecular weight excluding hydrogens is 332 g/mol. The number of nitrogens with two attached hydrogens (primary N) is 1. The van der Waals surface area contributed by atoms with Gasteiger partial charge in [-0.15, -0.1) is 0 Å². The van der Waals surface area contributed by atoms with Crippen molar-refractivity contribution < 1.29 is 14.0 Å². The van der Waals surface area contributed by atoms with Crippen molar-refractivity contribution in [2.45, 2.75) is 38.3 Å². The first-order valence-electron chi connectivity index (χ1n) is 8.80. The minimum atomic E-state index is -0.320. The minimum Gasteiger partial charge on any atom is -0.443 e. The molecule has 1 saturated heterocycles. The molecule has 0 spiro atoms. The molecule has 26 heavy (non-hydrogen) atoms. The molecule has 7 nitrogen and oxygen atoms in total. The lowest BCUT2D eigenvalue weighted by Gasteiger charge is -2.21. The van der Waals surface area contributed by atoms with E-state index in [2.05, 4.69) is 10.3 Å². The number of oxazole rings is 1. The lowest BCUT2D eigenvalue weighted by Crippen LogP contribution is -2.40. The Morgan fingerprint density at radius 2 is 2.08 bits per heavy atom. The third-order valence-electron chi connectivity index (χ3n) is 4.56. The molecule has 2 amide bonds. The lowest BCUT2D eigenvalue weighted by molar-refractivity contribution is -0.131. The number of amides is 2. The van der Waals surface area contributed by atoms with Gasteiger partial charge in [-0.05, 0) is 18.6 Å². The van der Waals surface area contributed by atoms with Crippen molar-refractivity contribution in [3.05, 3.63) is 53.7 Å². The van der Waals surface area contributed by atoms with E-state index in [4.69, 9.17) is 10.2 Å². The maximum atomic E-state index is 12.4. The topological polar surface area (TPSA) is 101 Å². The first-order valence-corrected chi connectivity index (χ1v) is 8.80. The Labute approximate surface area is 152 Å². The van der Waals surface area contributed by atoms with Crippen LogP contribution >= 0.6 is 0 Å². The van der Waals surface area contributed by atoms with Crippen molar-refractivity contribution in [3.63, 3.8) is 0 Å². The van der Waals surface area contributed by atoms with Gasteiger partial charge in [0.25, 0.3) is 5.91 Å². The Morgan fingerprint density at radius 1 is 1.35 bits per heavy atom. The summed E-state index contributed by atoms with van der Waals surface area (Å²) in [6, 6.07) is 8.51. The third-order valence-corrected chi connectivity index (χ3v) is 4.56. The van der Waals surface area contributed by atoms with Gasteiger partial charge in [-0.25, -0.2) is 4.98 Å². The maximum absolute atomic E-state index is 12.4. The van der Waals surface area contributed by atoms with E-state index in [1.165, 1.54) is 0 Å². The molecule has 7 heteroatoms. The monoisotopic (exact) mass is 356 g/mol. The average molecular weight is 356 g/mol. The van der Waals surface area contributed by atoms with E-state index in [0.29, 0.717) is 24.4 Å². The van der Waals surface area contributed by atoms with Crippen molar-refractivity contribution in [1.29, 1.82) is 0 Å². The largest absolute Gasteiger partial charge is 0.443 e. The number of nitrogens with zero attached hydrogens (tertiary/aromatic N) is 2. The van der Waals surface area contributed by atoms with Crippen LogP contribution in [0.2, 0.25) is 0 Å². The van der Waals surface area contributed by atoms with Crippen molar-refractivity contribution in [3.8, 4) is 0 Å². The van der Waals surface area contributed by atoms with E-state index in [1.807, 2.05) is 32.0 Å². The second-order valence-electron chi connectivity index (χ2n) is 6.79. The highest BCUT2D eigenvalue weighted by Crippen LogP contribution is 2.33. The van der Waals surface area contributed by atoms with Gasteiger partial charge in [0.2, 0.25) is 11.8 Å². The van der Waals surface area contributed by atoms with Gasteiger partial charge >= 0.3 is 0 Å². The van der Waals surface area contributed by atoms with Crippen LogP contribution in [-0.4, -0.2) is 40.8 Å². The van der Waals surface area contributed by atoms with Crippen molar-refractivity contribution in [2.75, 3.05) is 13.1 Å². The van der Waals surface area contributed by atoms with Crippen LogP contribution in [0.3, 0.4) is 0 Å². The summed E-state index contributed by atoms with van der Waals surface area (Å²) in [4.78, 5) is 30.7. The van der Waals surface area contributed by atoms with Crippen LogP contribution in [0.5, 0.6) is 0 Å². The van der Waals surface area contributed by atoms with E-state index in [0.717, 1.165) is 5.76 Å². The summed E-state index contributed by atoms with van der Waals surface area (Å²) in [6.45, 7) is 4.33. The van der Waals surface area contributed by atoms with Crippen LogP contribution in [-0.2, 0) is 4.79 Å². The van der Waals surface area contributed by atoms with E-state index in [-0.39, 0.29) is 36.4 Å². The zero-order chi connectivity index (χ0) is 18.7. The number of nitrogens with one attached hydrogen (secondary N) is 1. The van der Waals surface area contributed by atoms with Gasteiger partial charge in [-0.1, -0.05) is 32.0 Å². The standard InChI is InChI=1S/C19H24N4O3/c1-12(2)16-10-21-19(26-16)15-8-14(11-23(15)17(24)9-20)22-18(25)13-6-4-3-5-7-13/h3-7,10,12,14-15H,8-9,11,20H2,1-2H3,(H,22,25)/t14-,15+/m1/s1. The molecular formula is C19H24N4O3. The summed E-state index contributed by atoms with van der Waals surface area (Å²) in [6.07, 6.45) is 2.24. The maximum Gasteiger partial charge on any atom is 0.251 e. The highest BCUT2D eigenvalue weighted by Gasteiger charge is 2.39. The summed E-state index contributed by atoms with van der Waals surface area (Å²) in [5.41, 5.74) is 6.14. The third kappa shape index (κ3) is 3.77. The van der Waals surface area contributed by atoms with E-state index < -0.39 is 0 Å². The van der Waals surface area contributed by atoms with Crippen LogP contribution in [0.1, 0.15) is 54.2 Å². The molecule has 2 heterocycles. The predicted molar refractivity (Wildman–Crippen MR) is 96.4 cm³/mol. The summed E-state index contributed by atoms with van der Waals surface area (Å²) < 4.78 is 5.83. The zero-order valence-corrected chi connectivity index (χ0v) is 15.0. The fourth-order valence-electron chi connectivity index (χ4n) is 3.15. The molecule has 0 radical (unpaired) electrons. The van der Waals surface area contributed by atoms with E-state index in [1.54, 1.807) is 23.2 Å². The van der Waals surface area contributed by atoms with Crippen LogP contribution in [0.15, 0.2) is 40.9 Å². The fraction of sp³-hybridized carbons (Fsp3) is 0.421. The Kier molecular flexibility index (Phi) is 5.37. The molecule has 0 saturated carbocycles. The molecule has 2 atom stereocenters. The quantitative estimate of drug-likeness (QED) is 0.851. The predicted octanol–water partition coefficient (Wildman–Crippen LogP) is 1.83. The second-order valence-corrected chi connectivity index (χ2v) is 6.79. The normalized spacial score (nSPS) is 19.8. The van der Waals surface area contributed by atoms with Crippen molar-refractivity contribution >= 4 is 11.8 Å². The Morgan fingerprint density at radius 3 is 2.69 bits per heavy atom.